The van der Waals surface area contributed by atoms with Gasteiger partial charge >= 0.3 is 0 Å². The molecule has 0 spiro atoms. The maximum Gasteiger partial charge on any atom is 0.259 e. The Morgan fingerprint density at radius 3 is 2.31 bits per heavy atom. The van der Waals surface area contributed by atoms with Crippen molar-refractivity contribution in [3.05, 3.63) is 52.5 Å². The molecule has 0 unspecified atom stereocenters. The minimum atomic E-state index is -0.502. The van der Waals surface area contributed by atoms with E-state index in [1.807, 2.05) is 26.8 Å². The summed E-state index contributed by atoms with van der Waals surface area (Å²) < 4.78 is 6.63. The van der Waals surface area contributed by atoms with E-state index in [0.29, 0.717) is 35.2 Å². The molecule has 0 saturated heterocycles. The van der Waals surface area contributed by atoms with Crippen LogP contribution >= 0.6 is 15.9 Å². The van der Waals surface area contributed by atoms with Gasteiger partial charge in [-0.2, -0.15) is 0 Å². The molecule has 2 aromatic carbocycles. The third kappa shape index (κ3) is 7.20. The second kappa shape index (κ2) is 9.92. The first kappa shape index (κ1) is 22.9. The first-order chi connectivity index (χ1) is 13.6. The molecule has 0 aromatic heterocycles. The molecule has 0 atom stereocenters. The summed E-state index contributed by atoms with van der Waals surface area (Å²) in [5.41, 5.74) is 1.17. The fourth-order valence-electron chi connectivity index (χ4n) is 2.40. The number of hydrogen-bond donors (Lipinski definition) is 2. The van der Waals surface area contributed by atoms with Crippen molar-refractivity contribution in [3.8, 4) is 5.75 Å². The van der Waals surface area contributed by atoms with Gasteiger partial charge in [0, 0.05) is 21.3 Å². The van der Waals surface area contributed by atoms with Gasteiger partial charge in [0.05, 0.1) is 12.2 Å². The Morgan fingerprint density at radius 1 is 1.03 bits per heavy atom. The molecular formula is C23H29BrN2O3. The minimum absolute atomic E-state index is 0.0891. The van der Waals surface area contributed by atoms with Crippen LogP contribution in [-0.2, 0) is 4.79 Å². The van der Waals surface area contributed by atoms with Crippen molar-refractivity contribution in [2.75, 3.05) is 17.2 Å². The summed E-state index contributed by atoms with van der Waals surface area (Å²) in [6.45, 7) is 10.4. The van der Waals surface area contributed by atoms with E-state index in [9.17, 15) is 9.59 Å². The summed E-state index contributed by atoms with van der Waals surface area (Å²) in [5.74, 6) is 0.705. The zero-order valence-electron chi connectivity index (χ0n) is 17.6. The van der Waals surface area contributed by atoms with E-state index < -0.39 is 5.41 Å². The van der Waals surface area contributed by atoms with Crippen LogP contribution in [0.2, 0.25) is 0 Å². The molecule has 156 valence electrons. The molecule has 2 aromatic rings. The number of rotatable bonds is 7. The van der Waals surface area contributed by atoms with Gasteiger partial charge in [0.2, 0.25) is 5.91 Å². The van der Waals surface area contributed by atoms with Gasteiger partial charge in [-0.1, -0.05) is 56.6 Å². The van der Waals surface area contributed by atoms with Gasteiger partial charge in [-0.15, -0.1) is 0 Å². The summed E-state index contributed by atoms with van der Waals surface area (Å²) in [6.07, 6.45) is 0.909. The quantitative estimate of drug-likeness (QED) is 0.523. The van der Waals surface area contributed by atoms with Crippen molar-refractivity contribution in [1.82, 2.24) is 0 Å². The molecule has 0 heterocycles. The van der Waals surface area contributed by atoms with E-state index in [1.54, 1.807) is 36.4 Å². The maximum absolute atomic E-state index is 12.9. The highest BCUT2D eigenvalue weighted by Gasteiger charge is 2.21. The SMILES string of the molecule is CC(C)CCOc1ccc(Br)cc1C(=O)Nc1cccc(NC(=O)C(C)(C)C)c1. The number of carbonyl (C=O) groups is 2. The van der Waals surface area contributed by atoms with Gasteiger partial charge in [0.15, 0.2) is 0 Å². The van der Waals surface area contributed by atoms with Crippen LogP contribution in [0.25, 0.3) is 0 Å². The molecule has 0 radical (unpaired) electrons. The lowest BCUT2D eigenvalue weighted by molar-refractivity contribution is -0.123. The molecule has 0 aliphatic rings. The summed E-state index contributed by atoms with van der Waals surface area (Å²) in [5, 5.41) is 5.76. The molecule has 2 amide bonds. The van der Waals surface area contributed by atoms with E-state index in [2.05, 4.69) is 40.4 Å². The monoisotopic (exact) mass is 460 g/mol. The summed E-state index contributed by atoms with van der Waals surface area (Å²) in [4.78, 5) is 25.1. The van der Waals surface area contributed by atoms with E-state index in [0.717, 1.165) is 10.9 Å². The molecule has 5 nitrogen and oxygen atoms in total. The van der Waals surface area contributed by atoms with Crippen molar-refractivity contribution in [2.45, 2.75) is 41.0 Å². The smallest absolute Gasteiger partial charge is 0.259 e. The highest BCUT2D eigenvalue weighted by molar-refractivity contribution is 9.10. The minimum Gasteiger partial charge on any atom is -0.493 e. The number of ether oxygens (including phenoxy) is 1. The predicted octanol–water partition coefficient (Wildman–Crippen LogP) is 6.11. The predicted molar refractivity (Wildman–Crippen MR) is 122 cm³/mol. The van der Waals surface area contributed by atoms with Crippen LogP contribution in [-0.4, -0.2) is 18.4 Å². The normalized spacial score (nSPS) is 11.3. The summed E-state index contributed by atoms with van der Waals surface area (Å²) >= 11 is 3.42. The van der Waals surface area contributed by atoms with Crippen molar-refractivity contribution < 1.29 is 14.3 Å². The third-order valence-electron chi connectivity index (χ3n) is 4.20. The van der Waals surface area contributed by atoms with E-state index in [-0.39, 0.29) is 11.8 Å². The van der Waals surface area contributed by atoms with Gasteiger partial charge in [-0.25, -0.2) is 0 Å². The van der Waals surface area contributed by atoms with E-state index >= 15 is 0 Å². The van der Waals surface area contributed by atoms with Crippen LogP contribution in [0.3, 0.4) is 0 Å². The lowest BCUT2D eigenvalue weighted by Crippen LogP contribution is -2.27. The number of amides is 2. The largest absolute Gasteiger partial charge is 0.493 e. The van der Waals surface area contributed by atoms with E-state index in [1.165, 1.54) is 0 Å². The van der Waals surface area contributed by atoms with Gasteiger partial charge in [0.1, 0.15) is 5.75 Å². The Labute approximate surface area is 181 Å². The Kier molecular flexibility index (Phi) is 7.85. The van der Waals surface area contributed by atoms with Gasteiger partial charge < -0.3 is 15.4 Å². The Morgan fingerprint density at radius 2 is 1.69 bits per heavy atom. The summed E-state index contributed by atoms with van der Waals surface area (Å²) in [6, 6.07) is 12.5. The molecule has 0 aliphatic carbocycles. The zero-order chi connectivity index (χ0) is 21.6. The van der Waals surface area contributed by atoms with Gasteiger partial charge in [0.25, 0.3) is 5.91 Å². The number of halogens is 1. The van der Waals surface area contributed by atoms with Crippen molar-refractivity contribution in [1.29, 1.82) is 0 Å². The standard InChI is InChI=1S/C23H29BrN2O3/c1-15(2)11-12-29-20-10-9-16(24)13-19(20)21(27)25-17-7-6-8-18(14-17)26-22(28)23(3,4)5/h6-10,13-15H,11-12H2,1-5H3,(H,25,27)(H,26,28). The highest BCUT2D eigenvalue weighted by atomic mass is 79.9. The fourth-order valence-corrected chi connectivity index (χ4v) is 2.76. The molecule has 0 saturated carbocycles. The molecule has 6 heteroatoms. The van der Waals surface area contributed by atoms with Crippen LogP contribution in [0.4, 0.5) is 11.4 Å². The Bertz CT molecular complexity index is 873. The molecular weight excluding hydrogens is 432 g/mol. The number of carbonyl (C=O) groups excluding carboxylic acids is 2. The molecule has 29 heavy (non-hydrogen) atoms. The average Bonchev–Trinajstić information content (AvgIpc) is 2.62. The number of anilines is 2. The average molecular weight is 461 g/mol. The van der Waals surface area contributed by atoms with Crippen LogP contribution in [0.15, 0.2) is 46.9 Å². The van der Waals surface area contributed by atoms with Crippen LogP contribution in [0.5, 0.6) is 5.75 Å². The van der Waals surface area contributed by atoms with Gasteiger partial charge in [-0.3, -0.25) is 9.59 Å². The lowest BCUT2D eigenvalue weighted by Gasteiger charge is -2.18. The maximum atomic E-state index is 12.9. The van der Waals surface area contributed by atoms with Crippen LogP contribution in [0, 0.1) is 11.3 Å². The van der Waals surface area contributed by atoms with E-state index in [4.69, 9.17) is 4.74 Å². The molecule has 0 bridgehead atoms. The topological polar surface area (TPSA) is 67.4 Å². The van der Waals surface area contributed by atoms with Crippen molar-refractivity contribution in [3.63, 3.8) is 0 Å². The number of nitrogens with one attached hydrogen (secondary N) is 2. The first-order valence-electron chi connectivity index (χ1n) is 9.71. The molecule has 0 fully saturated rings. The second-order valence-corrected chi connectivity index (χ2v) is 9.33. The zero-order valence-corrected chi connectivity index (χ0v) is 19.2. The van der Waals surface area contributed by atoms with Gasteiger partial charge in [-0.05, 0) is 48.7 Å². The van der Waals surface area contributed by atoms with Crippen LogP contribution < -0.4 is 15.4 Å². The van der Waals surface area contributed by atoms with Crippen LogP contribution in [0.1, 0.15) is 51.4 Å². The Balaban J connectivity index is 2.15. The molecule has 2 N–H and O–H groups in total. The molecule has 2 rings (SSSR count). The fraction of sp³-hybridized carbons (Fsp3) is 0.391. The lowest BCUT2D eigenvalue weighted by atomic mass is 9.95. The molecule has 0 aliphatic heterocycles. The first-order valence-corrected chi connectivity index (χ1v) is 10.5. The summed E-state index contributed by atoms with van der Waals surface area (Å²) in [7, 11) is 0. The second-order valence-electron chi connectivity index (χ2n) is 8.41. The highest BCUT2D eigenvalue weighted by Crippen LogP contribution is 2.26. The number of benzene rings is 2. The van der Waals surface area contributed by atoms with Crippen molar-refractivity contribution in [2.24, 2.45) is 11.3 Å². The Hall–Kier alpha value is -2.34. The van der Waals surface area contributed by atoms with Crippen molar-refractivity contribution >= 4 is 39.1 Å². The third-order valence-corrected chi connectivity index (χ3v) is 4.69. The number of hydrogen-bond acceptors (Lipinski definition) is 3.